The number of hydrogen-bond donors (Lipinski definition) is 0. The number of amides is 1. The highest BCUT2D eigenvalue weighted by atomic mass is 32.1. The number of hydrogen-bond acceptors (Lipinski definition) is 4. The summed E-state index contributed by atoms with van der Waals surface area (Å²) in [4.78, 5) is 26.4. The molecule has 0 saturated carbocycles. The molecule has 0 bridgehead atoms. The van der Waals surface area contributed by atoms with Crippen LogP contribution in [0.5, 0.6) is 0 Å². The molecule has 1 saturated heterocycles. The van der Waals surface area contributed by atoms with Gasteiger partial charge < -0.3 is 4.90 Å². The molecule has 120 valence electrons. The van der Waals surface area contributed by atoms with Gasteiger partial charge in [-0.3, -0.25) is 14.9 Å². The molecule has 1 aliphatic rings. The van der Waals surface area contributed by atoms with Gasteiger partial charge in [-0.05, 0) is 43.2 Å². The molecular formula is C17H18N2O3S. The van der Waals surface area contributed by atoms with Crippen LogP contribution in [-0.4, -0.2) is 28.8 Å². The zero-order chi connectivity index (χ0) is 16.4. The lowest BCUT2D eigenvalue weighted by Crippen LogP contribution is -2.37. The van der Waals surface area contributed by atoms with Crippen molar-refractivity contribution < 1.29 is 9.72 Å². The van der Waals surface area contributed by atoms with Gasteiger partial charge in [-0.1, -0.05) is 12.1 Å². The summed E-state index contributed by atoms with van der Waals surface area (Å²) >= 11 is 1.76. The predicted molar refractivity (Wildman–Crippen MR) is 90.0 cm³/mol. The summed E-state index contributed by atoms with van der Waals surface area (Å²) in [6, 6.07) is 8.92. The van der Waals surface area contributed by atoms with Gasteiger partial charge in [0.05, 0.1) is 4.92 Å². The van der Waals surface area contributed by atoms with Crippen LogP contribution in [-0.2, 0) is 0 Å². The molecule has 1 aliphatic heterocycles. The van der Waals surface area contributed by atoms with Crippen molar-refractivity contribution in [2.75, 3.05) is 13.1 Å². The SMILES string of the molecule is Cc1ccc(C(=O)N2CCC(c3cccs3)CC2)cc1[N+](=O)[O-]. The Kier molecular flexibility index (Phi) is 4.43. The molecule has 2 heterocycles. The minimum Gasteiger partial charge on any atom is -0.339 e. The maximum atomic E-state index is 12.6. The van der Waals surface area contributed by atoms with E-state index in [4.69, 9.17) is 0 Å². The fourth-order valence-electron chi connectivity index (χ4n) is 3.01. The highest BCUT2D eigenvalue weighted by molar-refractivity contribution is 7.10. The second-order valence-electron chi connectivity index (χ2n) is 5.84. The molecule has 0 radical (unpaired) electrons. The molecule has 1 aromatic carbocycles. The van der Waals surface area contributed by atoms with Crippen molar-refractivity contribution in [1.29, 1.82) is 0 Å². The minimum atomic E-state index is -0.435. The zero-order valence-electron chi connectivity index (χ0n) is 12.9. The lowest BCUT2D eigenvalue weighted by Gasteiger charge is -2.31. The molecule has 0 aliphatic carbocycles. The molecule has 0 N–H and O–H groups in total. The van der Waals surface area contributed by atoms with Crippen molar-refractivity contribution in [2.45, 2.75) is 25.7 Å². The molecule has 1 amide bonds. The highest BCUT2D eigenvalue weighted by Crippen LogP contribution is 2.31. The molecule has 2 aromatic rings. The van der Waals surface area contributed by atoms with Crippen LogP contribution in [0.15, 0.2) is 35.7 Å². The van der Waals surface area contributed by atoms with E-state index in [1.807, 2.05) is 0 Å². The second kappa shape index (κ2) is 6.50. The van der Waals surface area contributed by atoms with Gasteiger partial charge in [-0.2, -0.15) is 0 Å². The van der Waals surface area contributed by atoms with Gasteiger partial charge in [0.2, 0.25) is 0 Å². The Balaban J connectivity index is 1.70. The van der Waals surface area contributed by atoms with Crippen molar-refractivity contribution in [3.8, 4) is 0 Å². The molecule has 0 atom stereocenters. The van der Waals surface area contributed by atoms with E-state index in [1.165, 1.54) is 10.9 Å². The highest BCUT2D eigenvalue weighted by Gasteiger charge is 2.26. The van der Waals surface area contributed by atoms with E-state index in [2.05, 4.69) is 17.5 Å². The van der Waals surface area contributed by atoms with E-state index in [9.17, 15) is 14.9 Å². The third-order valence-electron chi connectivity index (χ3n) is 4.38. The lowest BCUT2D eigenvalue weighted by molar-refractivity contribution is -0.385. The molecule has 1 aromatic heterocycles. The van der Waals surface area contributed by atoms with Crippen LogP contribution in [0.1, 0.15) is 39.6 Å². The molecule has 6 heteroatoms. The van der Waals surface area contributed by atoms with Crippen LogP contribution in [0.25, 0.3) is 0 Å². The largest absolute Gasteiger partial charge is 0.339 e. The van der Waals surface area contributed by atoms with Gasteiger partial charge in [0.1, 0.15) is 0 Å². The van der Waals surface area contributed by atoms with E-state index in [-0.39, 0.29) is 11.6 Å². The van der Waals surface area contributed by atoms with Crippen molar-refractivity contribution in [2.24, 2.45) is 0 Å². The summed E-state index contributed by atoms with van der Waals surface area (Å²) < 4.78 is 0. The van der Waals surface area contributed by atoms with E-state index >= 15 is 0 Å². The number of nitro groups is 1. The number of likely N-dealkylation sites (tertiary alicyclic amines) is 1. The summed E-state index contributed by atoms with van der Waals surface area (Å²) in [5.41, 5.74) is 0.976. The lowest BCUT2D eigenvalue weighted by atomic mass is 9.95. The zero-order valence-corrected chi connectivity index (χ0v) is 13.7. The van der Waals surface area contributed by atoms with Gasteiger partial charge in [0.25, 0.3) is 11.6 Å². The molecule has 1 fully saturated rings. The Morgan fingerprint density at radius 1 is 1.30 bits per heavy atom. The topological polar surface area (TPSA) is 63.5 Å². The number of benzene rings is 1. The summed E-state index contributed by atoms with van der Waals surface area (Å²) in [7, 11) is 0. The molecular weight excluding hydrogens is 312 g/mol. The molecule has 23 heavy (non-hydrogen) atoms. The molecule has 0 spiro atoms. The number of aryl methyl sites for hydroxylation is 1. The van der Waals surface area contributed by atoms with Gasteiger partial charge in [-0.25, -0.2) is 0 Å². The van der Waals surface area contributed by atoms with E-state index in [0.717, 1.165) is 12.8 Å². The fraction of sp³-hybridized carbons (Fsp3) is 0.353. The van der Waals surface area contributed by atoms with Crippen molar-refractivity contribution in [1.82, 2.24) is 4.90 Å². The minimum absolute atomic E-state index is 0.00400. The number of thiophene rings is 1. The summed E-state index contributed by atoms with van der Waals surface area (Å²) in [5.74, 6) is 0.407. The maximum Gasteiger partial charge on any atom is 0.273 e. The average molecular weight is 330 g/mol. The summed E-state index contributed by atoms with van der Waals surface area (Å²) in [5, 5.41) is 13.1. The first kappa shape index (κ1) is 15.7. The standard InChI is InChI=1S/C17H18N2O3S/c1-12-4-5-14(11-15(12)19(21)22)17(20)18-8-6-13(7-9-18)16-3-2-10-23-16/h2-5,10-11,13H,6-9H2,1H3. The second-order valence-corrected chi connectivity index (χ2v) is 6.82. The quantitative estimate of drug-likeness (QED) is 0.631. The van der Waals surface area contributed by atoms with Crippen LogP contribution in [0, 0.1) is 17.0 Å². The Bertz CT molecular complexity index is 719. The Labute approximate surface area is 138 Å². The first-order valence-electron chi connectivity index (χ1n) is 7.64. The third-order valence-corrected chi connectivity index (χ3v) is 5.42. The van der Waals surface area contributed by atoms with Crippen LogP contribution < -0.4 is 0 Å². The molecule has 0 unspecified atom stereocenters. The predicted octanol–water partition coefficient (Wildman–Crippen LogP) is 3.98. The van der Waals surface area contributed by atoms with Crippen molar-refractivity contribution in [3.63, 3.8) is 0 Å². The van der Waals surface area contributed by atoms with Gasteiger partial charge in [0, 0.05) is 35.2 Å². The average Bonchev–Trinajstić information content (AvgIpc) is 3.09. The fourth-order valence-corrected chi connectivity index (χ4v) is 3.91. The Hall–Kier alpha value is -2.21. The third kappa shape index (κ3) is 3.27. The number of piperidine rings is 1. The molecule has 5 nitrogen and oxygen atoms in total. The van der Waals surface area contributed by atoms with E-state index in [1.54, 1.807) is 35.3 Å². The number of nitrogens with zero attached hydrogens (tertiary/aromatic N) is 2. The van der Waals surface area contributed by atoms with Crippen molar-refractivity contribution in [3.05, 3.63) is 61.8 Å². The number of carbonyl (C=O) groups is 1. The first-order chi connectivity index (χ1) is 11.1. The number of nitro benzene ring substituents is 1. The van der Waals surface area contributed by atoms with Crippen molar-refractivity contribution >= 4 is 22.9 Å². The first-order valence-corrected chi connectivity index (χ1v) is 8.52. The maximum absolute atomic E-state index is 12.6. The van der Waals surface area contributed by atoms with E-state index in [0.29, 0.717) is 30.1 Å². The van der Waals surface area contributed by atoms with Crippen LogP contribution in [0.4, 0.5) is 5.69 Å². The number of rotatable bonds is 3. The van der Waals surface area contributed by atoms with Crippen LogP contribution in [0.2, 0.25) is 0 Å². The van der Waals surface area contributed by atoms with Gasteiger partial charge in [0.15, 0.2) is 0 Å². The van der Waals surface area contributed by atoms with Gasteiger partial charge >= 0.3 is 0 Å². The number of carbonyl (C=O) groups excluding carboxylic acids is 1. The summed E-state index contributed by atoms with van der Waals surface area (Å²) in [6.07, 6.45) is 1.89. The van der Waals surface area contributed by atoms with Gasteiger partial charge in [-0.15, -0.1) is 11.3 Å². The molecule has 3 rings (SSSR count). The van der Waals surface area contributed by atoms with E-state index < -0.39 is 4.92 Å². The Morgan fingerprint density at radius 3 is 2.65 bits per heavy atom. The van der Waals surface area contributed by atoms with Crippen LogP contribution in [0.3, 0.4) is 0 Å². The van der Waals surface area contributed by atoms with Crippen LogP contribution >= 0.6 is 11.3 Å². The normalized spacial score (nSPS) is 15.6. The summed E-state index contributed by atoms with van der Waals surface area (Å²) in [6.45, 7) is 3.07. The smallest absolute Gasteiger partial charge is 0.273 e. The monoisotopic (exact) mass is 330 g/mol. The Morgan fingerprint density at radius 2 is 2.04 bits per heavy atom.